The Balaban J connectivity index is 2.15. The Kier molecular flexibility index (Phi) is 4.88. The number of hydrogen-bond donors (Lipinski definition) is 0. The van der Waals surface area contributed by atoms with Crippen molar-refractivity contribution in [3.05, 3.63) is 62.3 Å². The fourth-order valence-electron chi connectivity index (χ4n) is 1.75. The minimum atomic E-state index is 0.0683. The number of carbonyl (C=O) groups is 1. The summed E-state index contributed by atoms with van der Waals surface area (Å²) in [5.74, 6) is 0.0683. The van der Waals surface area contributed by atoms with Gasteiger partial charge in [-0.3, -0.25) is 9.78 Å². The van der Waals surface area contributed by atoms with Crippen molar-refractivity contribution in [1.29, 1.82) is 0 Å². The fourth-order valence-corrected chi connectivity index (χ4v) is 3.04. The van der Waals surface area contributed by atoms with Gasteiger partial charge in [0.25, 0.3) is 0 Å². The highest BCUT2D eigenvalue weighted by molar-refractivity contribution is 9.11. The van der Waals surface area contributed by atoms with Crippen LogP contribution in [0.3, 0.4) is 0 Å². The third-order valence-electron chi connectivity index (χ3n) is 2.82. The molecule has 1 aromatic heterocycles. The first kappa shape index (κ1) is 14.4. The van der Waals surface area contributed by atoms with Crippen molar-refractivity contribution in [1.82, 2.24) is 4.98 Å². The maximum atomic E-state index is 12.2. The lowest BCUT2D eigenvalue weighted by molar-refractivity contribution is 0.0992. The molecule has 0 aliphatic rings. The summed E-state index contributed by atoms with van der Waals surface area (Å²) in [4.78, 5) is 16.5. The van der Waals surface area contributed by atoms with Crippen molar-refractivity contribution in [3.63, 3.8) is 0 Å². The molecule has 0 saturated carbocycles. The Bertz CT molecular complexity index is 573. The molecule has 0 saturated heterocycles. The fraction of sp³-hybridized carbons (Fsp3) is 0.200. The van der Waals surface area contributed by atoms with Gasteiger partial charge in [-0.2, -0.15) is 0 Å². The van der Waals surface area contributed by atoms with Crippen LogP contribution in [-0.2, 0) is 12.8 Å². The molecule has 0 atom stereocenters. The second kappa shape index (κ2) is 6.44. The molecule has 0 radical (unpaired) electrons. The Morgan fingerprint density at radius 3 is 2.37 bits per heavy atom. The highest BCUT2D eigenvalue weighted by atomic mass is 79.9. The van der Waals surface area contributed by atoms with Crippen LogP contribution < -0.4 is 0 Å². The molecule has 4 heteroatoms. The summed E-state index contributed by atoms with van der Waals surface area (Å²) in [7, 11) is 0. The van der Waals surface area contributed by atoms with E-state index in [1.54, 1.807) is 0 Å². The van der Waals surface area contributed by atoms with Crippen LogP contribution in [0.2, 0.25) is 0 Å². The van der Waals surface area contributed by atoms with E-state index in [1.165, 1.54) is 5.56 Å². The van der Waals surface area contributed by atoms with Gasteiger partial charge >= 0.3 is 0 Å². The number of pyridine rings is 1. The summed E-state index contributed by atoms with van der Waals surface area (Å²) < 4.78 is 1.78. The van der Waals surface area contributed by atoms with Crippen molar-refractivity contribution in [3.8, 4) is 0 Å². The van der Waals surface area contributed by atoms with E-state index in [-0.39, 0.29) is 5.78 Å². The van der Waals surface area contributed by atoms with E-state index in [0.717, 1.165) is 21.1 Å². The lowest BCUT2D eigenvalue weighted by Gasteiger charge is -2.04. The van der Waals surface area contributed by atoms with Crippen LogP contribution in [0.5, 0.6) is 0 Å². The van der Waals surface area contributed by atoms with Crippen LogP contribution in [0.1, 0.15) is 28.5 Å². The summed E-state index contributed by atoms with van der Waals surface area (Å²) in [6.07, 6.45) is 3.12. The smallest absolute Gasteiger partial charge is 0.168 e. The van der Waals surface area contributed by atoms with E-state index in [1.807, 2.05) is 36.5 Å². The SMILES string of the molecule is CCc1ccc(CC(=O)c2cc(Br)cc(Br)c2)nc1. The molecular formula is C15H13Br2NO. The van der Waals surface area contributed by atoms with E-state index in [9.17, 15) is 4.79 Å². The lowest BCUT2D eigenvalue weighted by Crippen LogP contribution is -2.05. The van der Waals surface area contributed by atoms with E-state index >= 15 is 0 Å². The topological polar surface area (TPSA) is 30.0 Å². The summed E-state index contributed by atoms with van der Waals surface area (Å²) in [6, 6.07) is 9.50. The maximum Gasteiger partial charge on any atom is 0.168 e. The van der Waals surface area contributed by atoms with Crippen molar-refractivity contribution in [2.75, 3.05) is 0 Å². The van der Waals surface area contributed by atoms with Crippen LogP contribution in [0.4, 0.5) is 0 Å². The summed E-state index contributed by atoms with van der Waals surface area (Å²) in [5, 5.41) is 0. The Labute approximate surface area is 129 Å². The largest absolute Gasteiger partial charge is 0.294 e. The van der Waals surface area contributed by atoms with Gasteiger partial charge in [-0.1, -0.05) is 44.8 Å². The minimum absolute atomic E-state index is 0.0683. The number of carbonyl (C=O) groups excluding carboxylic acids is 1. The standard InChI is InChI=1S/C15H13Br2NO/c1-2-10-3-4-14(18-9-10)8-15(19)11-5-12(16)7-13(17)6-11/h3-7,9H,2,8H2,1H3. The highest BCUT2D eigenvalue weighted by Crippen LogP contribution is 2.21. The van der Waals surface area contributed by atoms with E-state index in [2.05, 4.69) is 43.8 Å². The first-order valence-corrected chi connectivity index (χ1v) is 7.60. The third-order valence-corrected chi connectivity index (χ3v) is 3.74. The van der Waals surface area contributed by atoms with Gasteiger partial charge in [0.05, 0.1) is 6.42 Å². The molecule has 98 valence electrons. The predicted octanol–water partition coefficient (Wildman–Crippen LogP) is 4.59. The molecule has 0 aliphatic carbocycles. The molecule has 0 amide bonds. The predicted molar refractivity (Wildman–Crippen MR) is 83.5 cm³/mol. The second-order valence-corrected chi connectivity index (χ2v) is 6.10. The van der Waals surface area contributed by atoms with Gasteiger partial charge in [-0.25, -0.2) is 0 Å². The highest BCUT2D eigenvalue weighted by Gasteiger charge is 2.09. The molecule has 1 aromatic carbocycles. The Morgan fingerprint density at radius 1 is 1.16 bits per heavy atom. The Hall–Kier alpha value is -1.00. The number of Topliss-reactive ketones (excluding diaryl/α,β-unsaturated/α-hetero) is 1. The van der Waals surface area contributed by atoms with Gasteiger partial charge < -0.3 is 0 Å². The monoisotopic (exact) mass is 381 g/mol. The molecule has 0 unspecified atom stereocenters. The van der Waals surface area contributed by atoms with Gasteiger partial charge in [0, 0.05) is 26.4 Å². The molecule has 2 nitrogen and oxygen atoms in total. The second-order valence-electron chi connectivity index (χ2n) is 4.27. The maximum absolute atomic E-state index is 12.2. The number of nitrogens with zero attached hydrogens (tertiary/aromatic N) is 1. The summed E-state index contributed by atoms with van der Waals surface area (Å²) >= 11 is 6.78. The van der Waals surface area contributed by atoms with Gasteiger partial charge in [0.1, 0.15) is 0 Å². The summed E-state index contributed by atoms with van der Waals surface area (Å²) in [6.45, 7) is 2.08. The zero-order valence-corrected chi connectivity index (χ0v) is 13.7. The minimum Gasteiger partial charge on any atom is -0.294 e. The van der Waals surface area contributed by atoms with Crippen molar-refractivity contribution >= 4 is 37.6 Å². The number of aromatic nitrogens is 1. The normalized spacial score (nSPS) is 10.5. The molecule has 0 N–H and O–H groups in total. The van der Waals surface area contributed by atoms with Gasteiger partial charge in [-0.15, -0.1) is 0 Å². The van der Waals surface area contributed by atoms with E-state index < -0.39 is 0 Å². The van der Waals surface area contributed by atoms with Crippen LogP contribution in [0.15, 0.2) is 45.5 Å². The van der Waals surface area contributed by atoms with Gasteiger partial charge in [0.2, 0.25) is 0 Å². The molecular weight excluding hydrogens is 370 g/mol. The zero-order chi connectivity index (χ0) is 13.8. The molecule has 2 aromatic rings. The molecule has 0 spiro atoms. The molecule has 19 heavy (non-hydrogen) atoms. The first-order valence-electron chi connectivity index (χ1n) is 6.01. The zero-order valence-electron chi connectivity index (χ0n) is 10.5. The lowest BCUT2D eigenvalue weighted by atomic mass is 10.1. The quantitative estimate of drug-likeness (QED) is 0.723. The van der Waals surface area contributed by atoms with Crippen LogP contribution in [0, 0.1) is 0 Å². The van der Waals surface area contributed by atoms with E-state index in [0.29, 0.717) is 12.0 Å². The van der Waals surface area contributed by atoms with Crippen LogP contribution in [0.25, 0.3) is 0 Å². The number of halogens is 2. The average molecular weight is 383 g/mol. The molecule has 0 aliphatic heterocycles. The van der Waals surface area contributed by atoms with Crippen LogP contribution >= 0.6 is 31.9 Å². The molecule has 0 fully saturated rings. The third kappa shape index (κ3) is 3.98. The molecule has 1 heterocycles. The van der Waals surface area contributed by atoms with Gasteiger partial charge in [0.15, 0.2) is 5.78 Å². The molecule has 0 bridgehead atoms. The van der Waals surface area contributed by atoms with Crippen molar-refractivity contribution in [2.24, 2.45) is 0 Å². The average Bonchev–Trinajstić information content (AvgIpc) is 2.38. The number of hydrogen-bond acceptors (Lipinski definition) is 2. The summed E-state index contributed by atoms with van der Waals surface area (Å²) in [5.41, 5.74) is 2.67. The van der Waals surface area contributed by atoms with Crippen LogP contribution in [-0.4, -0.2) is 10.8 Å². The number of rotatable bonds is 4. The number of ketones is 1. The number of benzene rings is 1. The molecule has 2 rings (SSSR count). The Morgan fingerprint density at radius 2 is 1.84 bits per heavy atom. The van der Waals surface area contributed by atoms with Crippen molar-refractivity contribution < 1.29 is 4.79 Å². The number of aryl methyl sites for hydroxylation is 1. The van der Waals surface area contributed by atoms with Crippen molar-refractivity contribution in [2.45, 2.75) is 19.8 Å². The van der Waals surface area contributed by atoms with Gasteiger partial charge in [-0.05, 0) is 36.2 Å². The van der Waals surface area contributed by atoms with E-state index in [4.69, 9.17) is 0 Å². The first-order chi connectivity index (χ1) is 9.08.